The number of carbonyl (C=O) groups excluding carboxylic acids is 1. The Morgan fingerprint density at radius 1 is 1.39 bits per heavy atom. The molecule has 0 bridgehead atoms. The normalized spacial score (nSPS) is 10.8. The maximum absolute atomic E-state index is 12.1. The Hall–Kier alpha value is -2.02. The molecule has 1 aromatic carbocycles. The number of halogens is 1. The Kier molecular flexibility index (Phi) is 6.04. The third-order valence-corrected chi connectivity index (χ3v) is 3.40. The summed E-state index contributed by atoms with van der Waals surface area (Å²) in [5.74, 6) is 0.851. The zero-order chi connectivity index (χ0) is 16.8. The fraction of sp³-hybridized carbons (Fsp3) is 0.312. The maximum atomic E-state index is 12.1. The molecular formula is C16H20ClN3O3. The van der Waals surface area contributed by atoms with Crippen molar-refractivity contribution in [3.63, 3.8) is 0 Å². The fourth-order valence-corrected chi connectivity index (χ4v) is 2.08. The standard InChI is InChI=1S/C16H20ClN3O3/c1-20(2)5-6-22-15-4-3-12(8-14(15)17)19-16(21)11-7-13(9-18)23-10-11/h3-4,7-8,10H,5-6,9,18H2,1-2H3,(H,19,21). The third-order valence-electron chi connectivity index (χ3n) is 3.10. The summed E-state index contributed by atoms with van der Waals surface area (Å²) in [7, 11) is 3.94. The number of anilines is 1. The largest absolute Gasteiger partial charge is 0.491 e. The predicted octanol–water partition coefficient (Wildman–Crippen LogP) is 2.58. The summed E-state index contributed by atoms with van der Waals surface area (Å²) in [6, 6.07) is 6.72. The number of hydrogen-bond donors (Lipinski definition) is 2. The lowest BCUT2D eigenvalue weighted by molar-refractivity contribution is 0.102. The minimum Gasteiger partial charge on any atom is -0.491 e. The summed E-state index contributed by atoms with van der Waals surface area (Å²) in [6.45, 7) is 1.58. The van der Waals surface area contributed by atoms with Crippen molar-refractivity contribution in [2.75, 3.05) is 32.6 Å². The van der Waals surface area contributed by atoms with Gasteiger partial charge in [0.1, 0.15) is 24.4 Å². The quantitative estimate of drug-likeness (QED) is 0.811. The first-order chi connectivity index (χ1) is 11.0. The number of amides is 1. The number of nitrogens with two attached hydrogens (primary N) is 1. The van der Waals surface area contributed by atoms with Crippen molar-refractivity contribution in [1.82, 2.24) is 4.90 Å². The van der Waals surface area contributed by atoms with Gasteiger partial charge in [-0.2, -0.15) is 0 Å². The van der Waals surface area contributed by atoms with Crippen LogP contribution in [0.2, 0.25) is 5.02 Å². The van der Waals surface area contributed by atoms with Gasteiger partial charge in [-0.25, -0.2) is 0 Å². The van der Waals surface area contributed by atoms with E-state index in [9.17, 15) is 4.79 Å². The van der Waals surface area contributed by atoms with Gasteiger partial charge in [0.15, 0.2) is 0 Å². The van der Waals surface area contributed by atoms with Crippen molar-refractivity contribution >= 4 is 23.2 Å². The van der Waals surface area contributed by atoms with Crippen LogP contribution in [-0.2, 0) is 6.54 Å². The van der Waals surface area contributed by atoms with Crippen molar-refractivity contribution < 1.29 is 13.9 Å². The highest BCUT2D eigenvalue weighted by Crippen LogP contribution is 2.28. The van der Waals surface area contributed by atoms with E-state index in [0.717, 1.165) is 6.54 Å². The molecule has 0 radical (unpaired) electrons. The van der Waals surface area contributed by atoms with Crippen LogP contribution in [0.5, 0.6) is 5.75 Å². The molecular weight excluding hydrogens is 318 g/mol. The molecule has 0 saturated heterocycles. The number of furan rings is 1. The molecule has 1 aromatic heterocycles. The molecule has 2 rings (SSSR count). The van der Waals surface area contributed by atoms with Gasteiger partial charge in [-0.1, -0.05) is 11.6 Å². The molecule has 0 saturated carbocycles. The topological polar surface area (TPSA) is 80.7 Å². The highest BCUT2D eigenvalue weighted by molar-refractivity contribution is 6.32. The Morgan fingerprint density at radius 3 is 2.78 bits per heavy atom. The number of likely N-dealkylation sites (N-methyl/N-ethyl adjacent to an activating group) is 1. The molecule has 0 aliphatic carbocycles. The summed E-state index contributed by atoms with van der Waals surface area (Å²) in [5, 5.41) is 3.19. The van der Waals surface area contributed by atoms with E-state index in [1.54, 1.807) is 24.3 Å². The van der Waals surface area contributed by atoms with E-state index < -0.39 is 0 Å². The fourth-order valence-electron chi connectivity index (χ4n) is 1.84. The van der Waals surface area contributed by atoms with Gasteiger partial charge in [-0.3, -0.25) is 4.79 Å². The second kappa shape index (κ2) is 8.01. The van der Waals surface area contributed by atoms with Crippen LogP contribution in [-0.4, -0.2) is 38.1 Å². The zero-order valence-electron chi connectivity index (χ0n) is 13.1. The summed E-state index contributed by atoms with van der Waals surface area (Å²) >= 11 is 6.18. The number of hydrogen-bond acceptors (Lipinski definition) is 5. The smallest absolute Gasteiger partial charge is 0.258 e. The SMILES string of the molecule is CN(C)CCOc1ccc(NC(=O)c2coc(CN)c2)cc1Cl. The molecule has 7 heteroatoms. The van der Waals surface area contributed by atoms with Gasteiger partial charge in [0.25, 0.3) is 5.91 Å². The van der Waals surface area contributed by atoms with E-state index in [1.165, 1.54) is 6.26 Å². The lowest BCUT2D eigenvalue weighted by atomic mass is 10.2. The highest BCUT2D eigenvalue weighted by Gasteiger charge is 2.11. The van der Waals surface area contributed by atoms with E-state index in [2.05, 4.69) is 5.32 Å². The Morgan fingerprint density at radius 2 is 2.17 bits per heavy atom. The minimum atomic E-state index is -0.286. The van der Waals surface area contributed by atoms with Gasteiger partial charge >= 0.3 is 0 Å². The van der Waals surface area contributed by atoms with Gasteiger partial charge in [0, 0.05) is 12.2 Å². The average molecular weight is 338 g/mol. The average Bonchev–Trinajstić information content (AvgIpc) is 2.98. The van der Waals surface area contributed by atoms with Crippen LogP contribution >= 0.6 is 11.6 Å². The lowest BCUT2D eigenvalue weighted by Gasteiger charge is -2.13. The Balaban J connectivity index is 1.98. The van der Waals surface area contributed by atoms with Crippen LogP contribution in [0.1, 0.15) is 16.1 Å². The summed E-state index contributed by atoms with van der Waals surface area (Å²) in [6.07, 6.45) is 1.37. The number of nitrogens with one attached hydrogen (secondary N) is 1. The van der Waals surface area contributed by atoms with Crippen molar-refractivity contribution in [3.8, 4) is 5.75 Å². The molecule has 6 nitrogen and oxygen atoms in total. The Labute approximate surface area is 140 Å². The van der Waals surface area contributed by atoms with E-state index in [1.807, 2.05) is 19.0 Å². The van der Waals surface area contributed by atoms with Crippen LogP contribution in [0.3, 0.4) is 0 Å². The summed E-state index contributed by atoms with van der Waals surface area (Å²) in [4.78, 5) is 14.1. The monoisotopic (exact) mass is 337 g/mol. The van der Waals surface area contributed by atoms with Crippen LogP contribution in [0, 0.1) is 0 Å². The summed E-state index contributed by atoms with van der Waals surface area (Å²) < 4.78 is 10.7. The van der Waals surface area contributed by atoms with Crippen molar-refractivity contribution in [1.29, 1.82) is 0 Å². The Bertz CT molecular complexity index is 670. The molecule has 3 N–H and O–H groups in total. The van der Waals surface area contributed by atoms with E-state index in [0.29, 0.717) is 34.4 Å². The van der Waals surface area contributed by atoms with E-state index >= 15 is 0 Å². The highest BCUT2D eigenvalue weighted by atomic mass is 35.5. The number of benzene rings is 1. The molecule has 0 unspecified atom stereocenters. The second-order valence-electron chi connectivity index (χ2n) is 5.26. The summed E-state index contributed by atoms with van der Waals surface area (Å²) in [5.41, 5.74) is 6.44. The van der Waals surface area contributed by atoms with E-state index in [4.69, 9.17) is 26.5 Å². The first-order valence-corrected chi connectivity index (χ1v) is 7.53. The molecule has 2 aromatic rings. The molecule has 0 aliphatic rings. The molecule has 0 fully saturated rings. The number of carbonyl (C=O) groups is 1. The molecule has 0 atom stereocenters. The van der Waals surface area contributed by atoms with Gasteiger partial charge in [0.2, 0.25) is 0 Å². The number of rotatable bonds is 7. The first-order valence-electron chi connectivity index (χ1n) is 7.15. The van der Waals surface area contributed by atoms with Crippen LogP contribution in [0.25, 0.3) is 0 Å². The van der Waals surface area contributed by atoms with Crippen molar-refractivity contribution in [2.45, 2.75) is 6.54 Å². The van der Waals surface area contributed by atoms with Gasteiger partial charge in [0.05, 0.1) is 17.1 Å². The zero-order valence-corrected chi connectivity index (χ0v) is 13.9. The van der Waals surface area contributed by atoms with Gasteiger partial charge < -0.3 is 25.1 Å². The molecule has 23 heavy (non-hydrogen) atoms. The van der Waals surface area contributed by atoms with Crippen molar-refractivity contribution in [2.24, 2.45) is 5.73 Å². The van der Waals surface area contributed by atoms with Crippen LogP contribution in [0.15, 0.2) is 34.9 Å². The lowest BCUT2D eigenvalue weighted by Crippen LogP contribution is -2.19. The van der Waals surface area contributed by atoms with E-state index in [-0.39, 0.29) is 12.5 Å². The third kappa shape index (κ3) is 4.99. The molecule has 0 aliphatic heterocycles. The minimum absolute atomic E-state index is 0.248. The van der Waals surface area contributed by atoms with Crippen LogP contribution < -0.4 is 15.8 Å². The van der Waals surface area contributed by atoms with Crippen molar-refractivity contribution in [3.05, 3.63) is 46.9 Å². The predicted molar refractivity (Wildman–Crippen MR) is 90.1 cm³/mol. The van der Waals surface area contributed by atoms with Gasteiger partial charge in [-0.05, 0) is 38.4 Å². The number of nitrogens with zero attached hydrogens (tertiary/aromatic N) is 1. The maximum Gasteiger partial charge on any atom is 0.258 e. The second-order valence-corrected chi connectivity index (χ2v) is 5.66. The molecule has 0 spiro atoms. The number of ether oxygens (including phenoxy) is 1. The van der Waals surface area contributed by atoms with Crippen LogP contribution in [0.4, 0.5) is 5.69 Å². The van der Waals surface area contributed by atoms with Gasteiger partial charge in [-0.15, -0.1) is 0 Å². The first kappa shape index (κ1) is 17.3. The molecule has 1 amide bonds. The molecule has 124 valence electrons. The molecule has 1 heterocycles.